The SMILES string of the molecule is C.CCN(C(=O)CCc1nc(-c2ccc(F)c3cn[nH]c23)no1)c1ccc(F)cc1. The lowest BCUT2D eigenvalue weighted by Crippen LogP contribution is -2.30. The fourth-order valence-corrected chi connectivity index (χ4v) is 3.13. The van der Waals surface area contributed by atoms with E-state index in [1.54, 1.807) is 23.1 Å². The first kappa shape index (κ1) is 21.1. The minimum atomic E-state index is -0.396. The molecule has 0 atom stereocenters. The van der Waals surface area contributed by atoms with Crippen molar-refractivity contribution in [2.24, 2.45) is 0 Å². The molecule has 4 aromatic rings. The molecule has 0 saturated carbocycles. The van der Waals surface area contributed by atoms with E-state index in [2.05, 4.69) is 20.3 Å². The van der Waals surface area contributed by atoms with Gasteiger partial charge in [0.05, 0.1) is 17.1 Å². The molecule has 0 unspecified atom stereocenters. The van der Waals surface area contributed by atoms with Crippen LogP contribution in [0.5, 0.6) is 0 Å². The zero-order valence-electron chi connectivity index (χ0n) is 15.5. The number of nitrogens with zero attached hydrogens (tertiary/aromatic N) is 4. The third kappa shape index (κ3) is 4.05. The number of rotatable bonds is 6. The van der Waals surface area contributed by atoms with Gasteiger partial charge >= 0.3 is 0 Å². The second-order valence-corrected chi connectivity index (χ2v) is 6.38. The van der Waals surface area contributed by atoms with Crippen LogP contribution in [0, 0.1) is 11.6 Å². The normalized spacial score (nSPS) is 10.8. The number of aryl methyl sites for hydroxylation is 1. The van der Waals surface area contributed by atoms with Crippen molar-refractivity contribution in [1.82, 2.24) is 20.3 Å². The minimum Gasteiger partial charge on any atom is -0.339 e. The molecule has 4 rings (SSSR count). The highest BCUT2D eigenvalue weighted by atomic mass is 19.1. The zero-order valence-corrected chi connectivity index (χ0v) is 15.5. The maximum Gasteiger partial charge on any atom is 0.227 e. The van der Waals surface area contributed by atoms with E-state index >= 15 is 0 Å². The third-order valence-electron chi connectivity index (χ3n) is 4.58. The van der Waals surface area contributed by atoms with E-state index in [0.29, 0.717) is 34.6 Å². The van der Waals surface area contributed by atoms with Crippen molar-refractivity contribution < 1.29 is 18.1 Å². The molecule has 0 aliphatic heterocycles. The number of anilines is 1. The number of amides is 1. The molecule has 2 heterocycles. The molecule has 1 amide bonds. The quantitative estimate of drug-likeness (QED) is 0.502. The van der Waals surface area contributed by atoms with Gasteiger partial charge in [-0.2, -0.15) is 10.1 Å². The van der Waals surface area contributed by atoms with Crippen LogP contribution in [-0.2, 0) is 11.2 Å². The first-order valence-electron chi connectivity index (χ1n) is 9.07. The Morgan fingerprint density at radius 1 is 1.17 bits per heavy atom. The first-order chi connectivity index (χ1) is 14.1. The Morgan fingerprint density at radius 2 is 1.93 bits per heavy atom. The van der Waals surface area contributed by atoms with Gasteiger partial charge in [0.1, 0.15) is 11.6 Å². The number of hydrogen-bond donors (Lipinski definition) is 1. The van der Waals surface area contributed by atoms with Crippen LogP contribution in [0.1, 0.15) is 26.7 Å². The molecule has 30 heavy (non-hydrogen) atoms. The fraction of sp³-hybridized carbons (Fsp3) is 0.238. The van der Waals surface area contributed by atoms with E-state index in [9.17, 15) is 13.6 Å². The van der Waals surface area contributed by atoms with Gasteiger partial charge in [-0.25, -0.2) is 8.78 Å². The second kappa shape index (κ2) is 8.81. The van der Waals surface area contributed by atoms with Gasteiger partial charge in [-0.05, 0) is 43.3 Å². The summed E-state index contributed by atoms with van der Waals surface area (Å²) in [6.07, 6.45) is 1.79. The average molecular weight is 413 g/mol. The zero-order chi connectivity index (χ0) is 20.4. The molecule has 0 spiro atoms. The van der Waals surface area contributed by atoms with Crippen LogP contribution in [0.25, 0.3) is 22.3 Å². The van der Waals surface area contributed by atoms with Gasteiger partial charge in [-0.15, -0.1) is 0 Å². The van der Waals surface area contributed by atoms with E-state index in [0.717, 1.165) is 0 Å². The molecule has 0 aliphatic rings. The molecule has 0 fully saturated rings. The topological polar surface area (TPSA) is 87.9 Å². The highest BCUT2D eigenvalue weighted by Gasteiger charge is 2.18. The summed E-state index contributed by atoms with van der Waals surface area (Å²) in [7, 11) is 0. The Balaban J connectivity index is 0.00000256. The largest absolute Gasteiger partial charge is 0.339 e. The molecule has 9 heteroatoms. The number of nitrogens with one attached hydrogen (secondary N) is 1. The Labute approximate surface area is 171 Å². The Kier molecular flexibility index (Phi) is 6.20. The molecule has 0 saturated heterocycles. The summed E-state index contributed by atoms with van der Waals surface area (Å²) in [4.78, 5) is 18.4. The number of carbonyl (C=O) groups excluding carboxylic acids is 1. The predicted octanol–water partition coefficient (Wildman–Crippen LogP) is 4.51. The van der Waals surface area contributed by atoms with Gasteiger partial charge in [0, 0.05) is 30.6 Å². The Bertz CT molecular complexity index is 1150. The van der Waals surface area contributed by atoms with Gasteiger partial charge in [0.2, 0.25) is 17.6 Å². The van der Waals surface area contributed by atoms with Crippen LogP contribution in [0.2, 0.25) is 0 Å². The first-order valence-corrected chi connectivity index (χ1v) is 9.07. The van der Waals surface area contributed by atoms with E-state index in [-0.39, 0.29) is 37.8 Å². The summed E-state index contributed by atoms with van der Waals surface area (Å²) < 4.78 is 32.2. The van der Waals surface area contributed by atoms with Crippen molar-refractivity contribution in [3.63, 3.8) is 0 Å². The maximum absolute atomic E-state index is 13.8. The summed E-state index contributed by atoms with van der Waals surface area (Å²) in [6.45, 7) is 2.29. The van der Waals surface area contributed by atoms with Crippen molar-refractivity contribution in [2.45, 2.75) is 27.2 Å². The summed E-state index contributed by atoms with van der Waals surface area (Å²) in [6, 6.07) is 8.61. The third-order valence-corrected chi connectivity index (χ3v) is 4.58. The number of hydrogen-bond acceptors (Lipinski definition) is 5. The minimum absolute atomic E-state index is 0. The van der Waals surface area contributed by atoms with Crippen molar-refractivity contribution in [3.8, 4) is 11.4 Å². The lowest BCUT2D eigenvalue weighted by molar-refractivity contribution is -0.118. The number of H-pyrrole nitrogens is 1. The fourth-order valence-electron chi connectivity index (χ4n) is 3.13. The second-order valence-electron chi connectivity index (χ2n) is 6.38. The Morgan fingerprint density at radius 3 is 2.67 bits per heavy atom. The van der Waals surface area contributed by atoms with Gasteiger partial charge in [-0.3, -0.25) is 9.89 Å². The number of aromatic nitrogens is 4. The van der Waals surface area contributed by atoms with Crippen molar-refractivity contribution in [2.75, 3.05) is 11.4 Å². The monoisotopic (exact) mass is 413 g/mol. The summed E-state index contributed by atoms with van der Waals surface area (Å²) in [5, 5.41) is 10.9. The molecule has 0 aliphatic carbocycles. The smallest absolute Gasteiger partial charge is 0.227 e. The van der Waals surface area contributed by atoms with Crippen LogP contribution in [-0.4, -0.2) is 32.8 Å². The van der Waals surface area contributed by atoms with Crippen LogP contribution in [0.15, 0.2) is 47.1 Å². The van der Waals surface area contributed by atoms with Gasteiger partial charge in [0.15, 0.2) is 0 Å². The standard InChI is InChI=1S/C20H17F2N5O2.CH4/c1-2-27(13-5-3-12(21)4-6-13)18(28)10-9-17-24-20(26-29-17)14-7-8-16(22)15-11-23-25-19(14)15;/h3-8,11H,2,9-10H2,1H3,(H,23,25);1H4. The number of carbonyl (C=O) groups is 1. The van der Waals surface area contributed by atoms with Crippen LogP contribution >= 0.6 is 0 Å². The van der Waals surface area contributed by atoms with Crippen LogP contribution < -0.4 is 4.90 Å². The molecule has 1 N–H and O–H groups in total. The van der Waals surface area contributed by atoms with E-state index in [4.69, 9.17) is 4.52 Å². The molecular formula is C21H21F2N5O2. The van der Waals surface area contributed by atoms with E-state index < -0.39 is 5.82 Å². The van der Waals surface area contributed by atoms with Gasteiger partial charge in [0.25, 0.3) is 0 Å². The summed E-state index contributed by atoms with van der Waals surface area (Å²) >= 11 is 0. The van der Waals surface area contributed by atoms with E-state index in [1.165, 1.54) is 24.4 Å². The molecule has 0 radical (unpaired) electrons. The highest BCUT2D eigenvalue weighted by molar-refractivity contribution is 5.93. The number of fused-ring (bicyclic) bond motifs is 1. The lowest BCUT2D eigenvalue weighted by atomic mass is 10.1. The van der Waals surface area contributed by atoms with Crippen molar-refractivity contribution in [1.29, 1.82) is 0 Å². The summed E-state index contributed by atoms with van der Waals surface area (Å²) in [5.74, 6) is -0.320. The van der Waals surface area contributed by atoms with Crippen LogP contribution in [0.4, 0.5) is 14.5 Å². The lowest BCUT2D eigenvalue weighted by Gasteiger charge is -2.20. The van der Waals surface area contributed by atoms with Crippen molar-refractivity contribution >= 4 is 22.5 Å². The molecule has 7 nitrogen and oxygen atoms in total. The number of halogens is 2. The molecular weight excluding hydrogens is 392 g/mol. The highest BCUT2D eigenvalue weighted by Crippen LogP contribution is 2.27. The average Bonchev–Trinajstić information content (AvgIpc) is 3.39. The van der Waals surface area contributed by atoms with Gasteiger partial charge in [-0.1, -0.05) is 12.6 Å². The van der Waals surface area contributed by atoms with E-state index in [1.807, 2.05) is 6.92 Å². The van der Waals surface area contributed by atoms with Crippen molar-refractivity contribution in [3.05, 3.63) is 60.1 Å². The summed E-state index contributed by atoms with van der Waals surface area (Å²) in [5.41, 5.74) is 1.65. The molecule has 2 aromatic heterocycles. The molecule has 156 valence electrons. The van der Waals surface area contributed by atoms with Gasteiger partial charge < -0.3 is 9.42 Å². The van der Waals surface area contributed by atoms with Crippen LogP contribution in [0.3, 0.4) is 0 Å². The predicted molar refractivity (Wildman–Crippen MR) is 109 cm³/mol. The maximum atomic E-state index is 13.8. The Hall–Kier alpha value is -3.62. The number of benzene rings is 2. The number of aromatic amines is 1. The molecule has 0 bridgehead atoms. The molecule has 2 aromatic carbocycles.